The summed E-state index contributed by atoms with van der Waals surface area (Å²) in [5.74, 6) is 0.743. The molecule has 31 heavy (non-hydrogen) atoms. The van der Waals surface area contributed by atoms with Crippen LogP contribution in [0.15, 0.2) is 24.3 Å². The summed E-state index contributed by atoms with van der Waals surface area (Å²) in [4.78, 5) is 24.4. The number of hydrogen-bond acceptors (Lipinski definition) is 4. The number of carbonyl (C=O) groups excluding carboxylic acids is 1. The van der Waals surface area contributed by atoms with Gasteiger partial charge >= 0.3 is 0 Å². The predicted molar refractivity (Wildman–Crippen MR) is 121 cm³/mol. The zero-order chi connectivity index (χ0) is 22.0. The number of amides is 1. The van der Waals surface area contributed by atoms with E-state index in [1.54, 1.807) is 0 Å². The molecular formula is C25H33FN4O. The fourth-order valence-corrected chi connectivity index (χ4v) is 5.31. The number of nitrogens with two attached hydrogens (primary N) is 1. The zero-order valence-electron chi connectivity index (χ0n) is 18.7. The van der Waals surface area contributed by atoms with E-state index in [2.05, 4.69) is 11.8 Å². The van der Waals surface area contributed by atoms with Gasteiger partial charge in [0.2, 0.25) is 5.95 Å². The van der Waals surface area contributed by atoms with E-state index < -0.39 is 5.91 Å². The highest BCUT2D eigenvalue weighted by molar-refractivity contribution is 5.95. The van der Waals surface area contributed by atoms with Crippen molar-refractivity contribution >= 4 is 11.9 Å². The van der Waals surface area contributed by atoms with Crippen molar-refractivity contribution < 1.29 is 9.18 Å². The van der Waals surface area contributed by atoms with Crippen LogP contribution in [-0.2, 0) is 18.3 Å². The summed E-state index contributed by atoms with van der Waals surface area (Å²) in [6.45, 7) is 6.15. The Kier molecular flexibility index (Phi) is 6.26. The Morgan fingerprint density at radius 1 is 1.13 bits per heavy atom. The Morgan fingerprint density at radius 3 is 2.32 bits per heavy atom. The lowest BCUT2D eigenvalue weighted by molar-refractivity contribution is 0.0997. The molecule has 2 N–H and O–H groups in total. The van der Waals surface area contributed by atoms with Crippen molar-refractivity contribution in [3.05, 3.63) is 52.6 Å². The summed E-state index contributed by atoms with van der Waals surface area (Å²) in [5, 5.41) is 0. The van der Waals surface area contributed by atoms with Crippen molar-refractivity contribution in [2.45, 2.75) is 70.6 Å². The summed E-state index contributed by atoms with van der Waals surface area (Å²) in [7, 11) is 0. The molecule has 0 unspecified atom stereocenters. The highest BCUT2D eigenvalue weighted by atomic mass is 19.1. The maximum atomic E-state index is 13.6. The molecule has 6 heteroatoms. The van der Waals surface area contributed by atoms with Crippen molar-refractivity contribution in [1.29, 1.82) is 0 Å². The molecule has 1 saturated carbocycles. The lowest BCUT2D eigenvalue weighted by Gasteiger charge is -2.33. The second kappa shape index (κ2) is 8.93. The highest BCUT2D eigenvalue weighted by Crippen LogP contribution is 2.44. The number of aromatic nitrogens is 2. The van der Waals surface area contributed by atoms with Crippen LogP contribution in [0.1, 0.15) is 79.7 Å². The van der Waals surface area contributed by atoms with Crippen molar-refractivity contribution in [3.8, 4) is 0 Å². The Morgan fingerprint density at radius 2 is 1.74 bits per heavy atom. The van der Waals surface area contributed by atoms with Crippen LogP contribution < -0.4 is 10.6 Å². The number of piperidine rings is 1. The summed E-state index contributed by atoms with van der Waals surface area (Å²) in [5.41, 5.74) is 8.76. The van der Waals surface area contributed by atoms with E-state index in [-0.39, 0.29) is 11.2 Å². The number of primary amides is 1. The lowest BCUT2D eigenvalue weighted by Crippen LogP contribution is -2.36. The van der Waals surface area contributed by atoms with Gasteiger partial charge in [0, 0.05) is 24.9 Å². The van der Waals surface area contributed by atoms with E-state index in [0.29, 0.717) is 24.3 Å². The van der Waals surface area contributed by atoms with E-state index in [4.69, 9.17) is 15.7 Å². The van der Waals surface area contributed by atoms with Gasteiger partial charge in [-0.1, -0.05) is 38.8 Å². The van der Waals surface area contributed by atoms with Crippen molar-refractivity contribution in [1.82, 2.24) is 9.97 Å². The molecule has 0 spiro atoms. The second-order valence-corrected chi connectivity index (χ2v) is 9.35. The highest BCUT2D eigenvalue weighted by Gasteiger charge is 2.38. The van der Waals surface area contributed by atoms with Crippen LogP contribution in [0.4, 0.5) is 10.3 Å². The van der Waals surface area contributed by atoms with Gasteiger partial charge in [-0.25, -0.2) is 14.4 Å². The van der Waals surface area contributed by atoms with E-state index in [9.17, 15) is 9.18 Å². The Balaban J connectivity index is 1.76. The van der Waals surface area contributed by atoms with E-state index in [1.165, 1.54) is 12.1 Å². The molecular weight excluding hydrogens is 391 g/mol. The molecule has 1 amide bonds. The molecule has 0 atom stereocenters. The maximum Gasteiger partial charge on any atom is 0.252 e. The van der Waals surface area contributed by atoms with Crippen LogP contribution in [0.3, 0.4) is 0 Å². The number of rotatable bonds is 6. The molecule has 1 aliphatic carbocycles. The summed E-state index contributed by atoms with van der Waals surface area (Å²) >= 11 is 0. The molecule has 2 aliphatic rings. The van der Waals surface area contributed by atoms with Gasteiger partial charge in [-0.15, -0.1) is 0 Å². The third kappa shape index (κ3) is 4.43. The van der Waals surface area contributed by atoms with Gasteiger partial charge in [0.25, 0.3) is 5.91 Å². The minimum atomic E-state index is -0.460. The first kappa shape index (κ1) is 21.7. The average Bonchev–Trinajstić information content (AvgIpc) is 3.23. The van der Waals surface area contributed by atoms with Crippen LogP contribution in [0.2, 0.25) is 0 Å². The molecule has 2 aromatic rings. The molecule has 0 bridgehead atoms. The molecule has 1 aliphatic heterocycles. The van der Waals surface area contributed by atoms with Gasteiger partial charge < -0.3 is 10.6 Å². The number of hydrogen-bond donors (Lipinski definition) is 1. The van der Waals surface area contributed by atoms with Crippen LogP contribution in [-0.4, -0.2) is 29.0 Å². The van der Waals surface area contributed by atoms with Crippen LogP contribution in [0, 0.1) is 11.7 Å². The first-order valence-corrected chi connectivity index (χ1v) is 11.6. The average molecular weight is 425 g/mol. The molecule has 0 radical (unpaired) electrons. The molecule has 5 nitrogen and oxygen atoms in total. The number of anilines is 1. The summed E-state index contributed by atoms with van der Waals surface area (Å²) in [6.07, 6.45) is 7.74. The molecule has 1 aromatic heterocycles. The van der Waals surface area contributed by atoms with E-state index >= 15 is 0 Å². The molecule has 166 valence electrons. The number of aryl methyl sites for hydroxylation is 1. The largest absolute Gasteiger partial charge is 0.365 e. The Labute approximate surface area is 184 Å². The van der Waals surface area contributed by atoms with Crippen molar-refractivity contribution in [3.63, 3.8) is 0 Å². The fraction of sp³-hybridized carbons (Fsp3) is 0.560. The maximum absolute atomic E-state index is 13.6. The molecule has 1 aromatic carbocycles. The van der Waals surface area contributed by atoms with Gasteiger partial charge in [0.1, 0.15) is 5.82 Å². The zero-order valence-corrected chi connectivity index (χ0v) is 18.7. The minimum absolute atomic E-state index is 0.148. The van der Waals surface area contributed by atoms with Crippen LogP contribution in [0.25, 0.3) is 0 Å². The Hall–Kier alpha value is -2.50. The number of halogens is 1. The summed E-state index contributed by atoms with van der Waals surface area (Å²) in [6, 6.07) is 6.84. The third-order valence-electron chi connectivity index (χ3n) is 7.22. The molecule has 2 fully saturated rings. The van der Waals surface area contributed by atoms with Crippen molar-refractivity contribution in [2.24, 2.45) is 11.7 Å². The Bertz CT molecular complexity index is 929. The van der Waals surface area contributed by atoms with E-state index in [0.717, 1.165) is 74.5 Å². The van der Waals surface area contributed by atoms with Gasteiger partial charge in [-0.2, -0.15) is 0 Å². The quantitative estimate of drug-likeness (QED) is 0.737. The fourth-order valence-electron chi connectivity index (χ4n) is 5.31. The van der Waals surface area contributed by atoms with Gasteiger partial charge in [0.05, 0.1) is 17.0 Å². The van der Waals surface area contributed by atoms with Crippen LogP contribution >= 0.6 is 0 Å². The monoisotopic (exact) mass is 424 g/mol. The van der Waals surface area contributed by atoms with Crippen LogP contribution in [0.5, 0.6) is 0 Å². The smallest absolute Gasteiger partial charge is 0.252 e. The van der Waals surface area contributed by atoms with E-state index in [1.807, 2.05) is 19.1 Å². The summed E-state index contributed by atoms with van der Waals surface area (Å²) < 4.78 is 13.6. The minimum Gasteiger partial charge on any atom is -0.365 e. The first-order chi connectivity index (χ1) is 14.9. The number of carbonyl (C=O) groups is 1. The third-order valence-corrected chi connectivity index (χ3v) is 7.22. The standard InChI is InChI=1S/C25H33FN4O/c1-3-20-22(23(27)31)21(29-24(28-20)30-14-10-17(2)11-15-30)16-25(12-4-5-13-25)18-6-8-19(26)9-7-18/h6-9,17H,3-5,10-16H2,1-2H3,(H2,27,31). The van der Waals surface area contributed by atoms with Gasteiger partial charge in [-0.3, -0.25) is 4.79 Å². The molecule has 1 saturated heterocycles. The molecule has 2 heterocycles. The number of benzene rings is 1. The normalized spacial score (nSPS) is 19.0. The number of nitrogens with zero attached hydrogens (tertiary/aromatic N) is 3. The molecule has 4 rings (SSSR count). The van der Waals surface area contributed by atoms with Gasteiger partial charge in [-0.05, 0) is 55.7 Å². The lowest BCUT2D eigenvalue weighted by atomic mass is 9.74. The van der Waals surface area contributed by atoms with Crippen molar-refractivity contribution in [2.75, 3.05) is 18.0 Å². The topological polar surface area (TPSA) is 72.1 Å². The first-order valence-electron chi connectivity index (χ1n) is 11.6. The SMILES string of the molecule is CCc1nc(N2CCC(C)CC2)nc(CC2(c3ccc(F)cc3)CCCC2)c1C(N)=O. The predicted octanol–water partition coefficient (Wildman–Crippen LogP) is 4.57. The van der Waals surface area contributed by atoms with Gasteiger partial charge in [0.15, 0.2) is 0 Å². The second-order valence-electron chi connectivity index (χ2n) is 9.35.